The highest BCUT2D eigenvalue weighted by Gasteiger charge is 2.37. The van der Waals surface area contributed by atoms with Gasteiger partial charge in [0.25, 0.3) is 0 Å². The smallest absolute Gasteiger partial charge is 0.234 e. The van der Waals surface area contributed by atoms with Gasteiger partial charge in [0, 0.05) is 0 Å². The van der Waals surface area contributed by atoms with Crippen LogP contribution < -0.4 is 0 Å². The minimum atomic E-state index is -4.45. The summed E-state index contributed by atoms with van der Waals surface area (Å²) in [5, 5.41) is 3.62. The Bertz CT molecular complexity index is 574. The largest absolute Gasteiger partial charge is 0.435 e. The van der Waals surface area contributed by atoms with Crippen LogP contribution in [-0.4, -0.2) is 14.6 Å². The first-order valence-corrected chi connectivity index (χ1v) is 5.75. The number of fused-ring (bicyclic) bond motifs is 1. The molecule has 0 saturated heterocycles. The molecule has 0 unspecified atom stereocenters. The normalized spacial score (nSPS) is 12.4. The molecule has 2 aromatic rings. The van der Waals surface area contributed by atoms with Crippen molar-refractivity contribution < 1.29 is 13.2 Å². The van der Waals surface area contributed by atoms with E-state index in [1.807, 2.05) is 0 Å². The monoisotopic (exact) mass is 307 g/mol. The molecule has 7 heteroatoms. The molecule has 0 aliphatic heterocycles. The number of alkyl halides is 3. The number of nitrogens with zero attached hydrogens (tertiary/aromatic N) is 3. The quantitative estimate of drug-likeness (QED) is 0.808. The first-order chi connectivity index (χ1) is 7.86. The van der Waals surface area contributed by atoms with E-state index in [1.54, 1.807) is 13.8 Å². The standard InChI is InChI=1S/C10H9BrF3N3/c1-3-6-5(2)9-15-4-7(11)17(9)16-8(6)10(12,13)14/h4H,3H2,1-2H3. The van der Waals surface area contributed by atoms with Crippen molar-refractivity contribution >= 4 is 21.6 Å². The van der Waals surface area contributed by atoms with Crippen LogP contribution in [0.3, 0.4) is 0 Å². The number of halogens is 4. The summed E-state index contributed by atoms with van der Waals surface area (Å²) in [5.74, 6) is 0. The predicted octanol–water partition coefficient (Wildman–Crippen LogP) is 3.38. The molecule has 3 nitrogen and oxygen atoms in total. The summed E-state index contributed by atoms with van der Waals surface area (Å²) in [4.78, 5) is 4.04. The van der Waals surface area contributed by atoms with Gasteiger partial charge in [-0.2, -0.15) is 18.3 Å². The fourth-order valence-corrected chi connectivity index (χ4v) is 2.16. The Morgan fingerprint density at radius 1 is 1.41 bits per heavy atom. The van der Waals surface area contributed by atoms with Crippen molar-refractivity contribution in [3.63, 3.8) is 0 Å². The summed E-state index contributed by atoms with van der Waals surface area (Å²) >= 11 is 3.12. The van der Waals surface area contributed by atoms with Gasteiger partial charge in [0.2, 0.25) is 0 Å². The average Bonchev–Trinajstić information content (AvgIpc) is 2.59. The van der Waals surface area contributed by atoms with Gasteiger partial charge in [0.15, 0.2) is 11.3 Å². The van der Waals surface area contributed by atoms with Crippen LogP contribution in [0.2, 0.25) is 0 Å². The van der Waals surface area contributed by atoms with Crippen LogP contribution in [0.5, 0.6) is 0 Å². The Balaban J connectivity index is 2.87. The maximum Gasteiger partial charge on any atom is 0.435 e. The Morgan fingerprint density at radius 2 is 2.06 bits per heavy atom. The molecule has 0 aliphatic rings. The van der Waals surface area contributed by atoms with Gasteiger partial charge in [0.1, 0.15) is 4.60 Å². The summed E-state index contributed by atoms with van der Waals surface area (Å²) in [5.41, 5.74) is 0.314. The second kappa shape index (κ2) is 3.97. The van der Waals surface area contributed by atoms with Crippen molar-refractivity contribution in [2.75, 3.05) is 0 Å². The summed E-state index contributed by atoms with van der Waals surface area (Å²) in [7, 11) is 0. The van der Waals surface area contributed by atoms with Crippen molar-refractivity contribution in [3.05, 3.63) is 27.6 Å². The molecule has 0 fully saturated rings. The number of aryl methyl sites for hydroxylation is 1. The van der Waals surface area contributed by atoms with Gasteiger partial charge in [-0.3, -0.25) is 0 Å². The lowest BCUT2D eigenvalue weighted by atomic mass is 10.1. The molecule has 17 heavy (non-hydrogen) atoms. The Morgan fingerprint density at radius 3 is 2.59 bits per heavy atom. The zero-order chi connectivity index (χ0) is 12.8. The average molecular weight is 308 g/mol. The Hall–Kier alpha value is -1.11. The number of hydrogen-bond donors (Lipinski definition) is 0. The van der Waals surface area contributed by atoms with E-state index in [0.29, 0.717) is 15.8 Å². The van der Waals surface area contributed by atoms with Gasteiger partial charge in [-0.1, -0.05) is 6.92 Å². The number of imidazole rings is 1. The molecule has 2 heterocycles. The van der Waals surface area contributed by atoms with Crippen molar-refractivity contribution in [1.29, 1.82) is 0 Å². The SMILES string of the molecule is CCc1c(C(F)(F)F)nn2c(Br)cnc2c1C. The third-order valence-electron chi connectivity index (χ3n) is 2.59. The van der Waals surface area contributed by atoms with E-state index in [4.69, 9.17) is 0 Å². The lowest BCUT2D eigenvalue weighted by Gasteiger charge is -2.13. The molecule has 0 spiro atoms. The molecular weight excluding hydrogens is 299 g/mol. The third kappa shape index (κ3) is 1.92. The van der Waals surface area contributed by atoms with Crippen LogP contribution >= 0.6 is 15.9 Å². The maximum atomic E-state index is 12.9. The second-order valence-electron chi connectivity index (χ2n) is 3.62. The van der Waals surface area contributed by atoms with Crippen LogP contribution in [0, 0.1) is 6.92 Å². The minimum Gasteiger partial charge on any atom is -0.234 e. The molecule has 0 saturated carbocycles. The topological polar surface area (TPSA) is 30.2 Å². The van der Waals surface area contributed by atoms with Gasteiger partial charge in [-0.15, -0.1) is 0 Å². The van der Waals surface area contributed by atoms with Crippen molar-refractivity contribution in [2.45, 2.75) is 26.4 Å². The first kappa shape index (κ1) is 12.3. The highest BCUT2D eigenvalue weighted by Crippen LogP contribution is 2.33. The lowest BCUT2D eigenvalue weighted by molar-refractivity contribution is -0.142. The Kier molecular flexibility index (Phi) is 2.89. The van der Waals surface area contributed by atoms with E-state index in [0.717, 1.165) is 4.52 Å². The number of aromatic nitrogens is 3. The maximum absolute atomic E-state index is 12.9. The molecular formula is C10H9BrF3N3. The van der Waals surface area contributed by atoms with E-state index in [2.05, 4.69) is 26.0 Å². The fraction of sp³-hybridized carbons (Fsp3) is 0.400. The molecule has 2 aromatic heterocycles. The molecule has 2 rings (SSSR count). The zero-order valence-electron chi connectivity index (χ0n) is 9.14. The van der Waals surface area contributed by atoms with E-state index in [-0.39, 0.29) is 12.0 Å². The highest BCUT2D eigenvalue weighted by atomic mass is 79.9. The lowest BCUT2D eigenvalue weighted by Crippen LogP contribution is -2.16. The molecule has 0 bridgehead atoms. The summed E-state index contributed by atoms with van der Waals surface area (Å²) in [6.07, 6.45) is -2.74. The summed E-state index contributed by atoms with van der Waals surface area (Å²) in [6, 6.07) is 0. The van der Waals surface area contributed by atoms with Crippen molar-refractivity contribution in [1.82, 2.24) is 14.6 Å². The highest BCUT2D eigenvalue weighted by molar-refractivity contribution is 9.10. The van der Waals surface area contributed by atoms with Gasteiger partial charge in [-0.25, -0.2) is 9.50 Å². The molecule has 0 amide bonds. The summed E-state index contributed by atoms with van der Waals surface area (Å²) < 4.78 is 40.2. The van der Waals surface area contributed by atoms with Crippen LogP contribution in [-0.2, 0) is 12.6 Å². The van der Waals surface area contributed by atoms with Crippen LogP contribution in [0.4, 0.5) is 13.2 Å². The van der Waals surface area contributed by atoms with Crippen molar-refractivity contribution in [2.24, 2.45) is 0 Å². The minimum absolute atomic E-state index is 0.197. The molecule has 0 atom stereocenters. The van der Waals surface area contributed by atoms with E-state index >= 15 is 0 Å². The zero-order valence-corrected chi connectivity index (χ0v) is 10.7. The third-order valence-corrected chi connectivity index (χ3v) is 3.13. The van der Waals surface area contributed by atoms with Crippen LogP contribution in [0.15, 0.2) is 10.8 Å². The van der Waals surface area contributed by atoms with Gasteiger partial charge in [-0.05, 0) is 40.4 Å². The van der Waals surface area contributed by atoms with E-state index < -0.39 is 11.9 Å². The molecule has 0 aromatic carbocycles. The van der Waals surface area contributed by atoms with Crippen LogP contribution in [0.25, 0.3) is 5.65 Å². The van der Waals surface area contributed by atoms with E-state index in [9.17, 15) is 13.2 Å². The van der Waals surface area contributed by atoms with Gasteiger partial charge < -0.3 is 0 Å². The Labute approximate surface area is 104 Å². The number of rotatable bonds is 1. The first-order valence-electron chi connectivity index (χ1n) is 4.96. The number of hydrogen-bond acceptors (Lipinski definition) is 2. The van der Waals surface area contributed by atoms with Gasteiger partial charge in [0.05, 0.1) is 6.20 Å². The molecule has 0 aliphatic carbocycles. The van der Waals surface area contributed by atoms with E-state index in [1.165, 1.54) is 6.20 Å². The molecule has 0 radical (unpaired) electrons. The van der Waals surface area contributed by atoms with Crippen molar-refractivity contribution in [3.8, 4) is 0 Å². The fourth-order valence-electron chi connectivity index (χ4n) is 1.81. The van der Waals surface area contributed by atoms with Gasteiger partial charge >= 0.3 is 6.18 Å². The second-order valence-corrected chi connectivity index (χ2v) is 4.43. The summed E-state index contributed by atoms with van der Waals surface area (Å²) in [6.45, 7) is 3.30. The predicted molar refractivity (Wildman–Crippen MR) is 59.8 cm³/mol. The molecule has 92 valence electrons. The molecule has 0 N–H and O–H groups in total. The van der Waals surface area contributed by atoms with Crippen LogP contribution in [0.1, 0.15) is 23.7 Å².